The van der Waals surface area contributed by atoms with E-state index in [1.165, 1.54) is 13.2 Å². The van der Waals surface area contributed by atoms with Crippen molar-refractivity contribution in [1.82, 2.24) is 4.31 Å². The third-order valence-corrected chi connectivity index (χ3v) is 4.65. The molecule has 0 aliphatic rings. The van der Waals surface area contributed by atoms with Crippen molar-refractivity contribution < 1.29 is 21.9 Å². The Bertz CT molecular complexity index is 581. The predicted octanol–water partition coefficient (Wildman–Crippen LogP) is 1.69. The Kier molecular flexibility index (Phi) is 5.69. The smallest absolute Gasteiger partial charge is 0.252 e. The lowest BCUT2D eigenvalue weighted by Gasteiger charge is -2.20. The van der Waals surface area contributed by atoms with Crippen LogP contribution in [0.1, 0.15) is 5.56 Å². The number of nitrogens with zero attached hydrogens (tertiary/aromatic N) is 1. The second-order valence-electron chi connectivity index (χ2n) is 3.98. The summed E-state index contributed by atoms with van der Waals surface area (Å²) in [6.07, 6.45) is -2.78. The first kappa shape index (κ1) is 17.1. The molecular formula is C11H15ClF2N2O3S. The van der Waals surface area contributed by atoms with Crippen LogP contribution in [0.3, 0.4) is 0 Å². The molecule has 9 heteroatoms. The van der Waals surface area contributed by atoms with E-state index in [9.17, 15) is 17.2 Å². The monoisotopic (exact) mass is 328 g/mol. The summed E-state index contributed by atoms with van der Waals surface area (Å²) < 4.78 is 54.9. The molecule has 20 heavy (non-hydrogen) atoms. The number of nitrogens with two attached hydrogens (primary N) is 1. The first-order valence-electron chi connectivity index (χ1n) is 5.55. The van der Waals surface area contributed by atoms with E-state index in [4.69, 9.17) is 22.1 Å². The molecule has 0 amide bonds. The lowest BCUT2D eigenvalue weighted by Crippen LogP contribution is -2.31. The molecule has 0 fully saturated rings. The number of halogens is 3. The minimum absolute atomic E-state index is 0.00478. The normalized spacial score (nSPS) is 12.2. The molecule has 0 heterocycles. The van der Waals surface area contributed by atoms with Crippen LogP contribution >= 0.6 is 11.6 Å². The lowest BCUT2D eigenvalue weighted by atomic mass is 10.2. The van der Waals surface area contributed by atoms with Crippen molar-refractivity contribution in [3.63, 3.8) is 0 Å². The molecule has 5 nitrogen and oxygen atoms in total. The zero-order valence-electron chi connectivity index (χ0n) is 10.9. The fourth-order valence-electron chi connectivity index (χ4n) is 1.66. The fraction of sp³-hybridized carbons (Fsp3) is 0.455. The summed E-state index contributed by atoms with van der Waals surface area (Å²) in [5.74, 6) is 0.0121. The van der Waals surface area contributed by atoms with Crippen LogP contribution in [0.25, 0.3) is 0 Å². The second-order valence-corrected chi connectivity index (χ2v) is 6.43. The summed E-state index contributed by atoms with van der Waals surface area (Å²) in [5, 5.41) is 0.135. The Labute approximate surface area is 121 Å². The van der Waals surface area contributed by atoms with Gasteiger partial charge in [0.25, 0.3) is 6.43 Å². The summed E-state index contributed by atoms with van der Waals surface area (Å²) >= 11 is 5.83. The minimum Gasteiger partial charge on any atom is -0.495 e. The zero-order valence-corrected chi connectivity index (χ0v) is 12.5. The van der Waals surface area contributed by atoms with Crippen molar-refractivity contribution in [3.05, 3.63) is 22.7 Å². The number of alkyl halides is 2. The van der Waals surface area contributed by atoms with E-state index in [1.807, 2.05) is 0 Å². The number of ether oxygens (including phenoxy) is 1. The third-order valence-electron chi connectivity index (χ3n) is 2.60. The maximum atomic E-state index is 12.4. The van der Waals surface area contributed by atoms with Crippen molar-refractivity contribution in [3.8, 4) is 5.75 Å². The number of hydrogen-bond acceptors (Lipinski definition) is 4. The van der Waals surface area contributed by atoms with Gasteiger partial charge in [0, 0.05) is 24.2 Å². The molecule has 0 saturated heterocycles. The van der Waals surface area contributed by atoms with Crippen molar-refractivity contribution in [2.24, 2.45) is 5.73 Å². The van der Waals surface area contributed by atoms with Crippen LogP contribution in [0.4, 0.5) is 8.78 Å². The molecule has 0 atom stereocenters. The highest BCUT2D eigenvalue weighted by atomic mass is 35.5. The topological polar surface area (TPSA) is 72.6 Å². The molecule has 0 saturated carbocycles. The van der Waals surface area contributed by atoms with Gasteiger partial charge in [0.05, 0.1) is 13.7 Å². The molecule has 0 bridgehead atoms. The quantitative estimate of drug-likeness (QED) is 0.862. The Morgan fingerprint density at radius 1 is 1.45 bits per heavy atom. The Morgan fingerprint density at radius 2 is 2.05 bits per heavy atom. The first-order valence-corrected chi connectivity index (χ1v) is 7.36. The van der Waals surface area contributed by atoms with E-state index >= 15 is 0 Å². The van der Waals surface area contributed by atoms with Gasteiger partial charge in [-0.25, -0.2) is 17.2 Å². The molecule has 2 N–H and O–H groups in total. The molecule has 0 unspecified atom stereocenters. The highest BCUT2D eigenvalue weighted by Gasteiger charge is 2.28. The van der Waals surface area contributed by atoms with Crippen molar-refractivity contribution in [1.29, 1.82) is 0 Å². The van der Waals surface area contributed by atoms with Gasteiger partial charge in [-0.3, -0.25) is 0 Å². The number of benzene rings is 1. The van der Waals surface area contributed by atoms with Crippen LogP contribution in [0.2, 0.25) is 5.02 Å². The first-order chi connectivity index (χ1) is 9.23. The molecule has 0 aromatic heterocycles. The van der Waals surface area contributed by atoms with Gasteiger partial charge in [0.2, 0.25) is 10.0 Å². The summed E-state index contributed by atoms with van der Waals surface area (Å²) in [4.78, 5) is -0.281. The zero-order chi connectivity index (χ0) is 15.5. The lowest BCUT2D eigenvalue weighted by molar-refractivity contribution is 0.126. The summed E-state index contributed by atoms with van der Waals surface area (Å²) in [6.45, 7) is -0.916. The van der Waals surface area contributed by atoms with Crippen LogP contribution in [0.15, 0.2) is 17.0 Å². The van der Waals surface area contributed by atoms with Crippen LogP contribution < -0.4 is 10.5 Å². The average molecular weight is 329 g/mol. The van der Waals surface area contributed by atoms with Crippen molar-refractivity contribution in [2.45, 2.75) is 17.9 Å². The molecule has 1 aromatic rings. The van der Waals surface area contributed by atoms with E-state index in [0.717, 1.165) is 13.1 Å². The van der Waals surface area contributed by atoms with E-state index in [1.54, 1.807) is 0 Å². The van der Waals surface area contributed by atoms with E-state index in [-0.39, 0.29) is 22.2 Å². The Hall–Kier alpha value is -0.960. The molecule has 0 aliphatic carbocycles. The SMILES string of the molecule is COc1c(CN)cc(Cl)cc1S(=O)(=O)N(C)CC(F)F. The summed E-state index contributed by atoms with van der Waals surface area (Å²) in [6, 6.07) is 2.61. The van der Waals surface area contributed by atoms with Crippen LogP contribution in [0.5, 0.6) is 5.75 Å². The van der Waals surface area contributed by atoms with Gasteiger partial charge in [0.1, 0.15) is 10.6 Å². The molecule has 1 rings (SSSR count). The van der Waals surface area contributed by atoms with Gasteiger partial charge in [0.15, 0.2) is 0 Å². The number of hydrogen-bond donors (Lipinski definition) is 1. The maximum absolute atomic E-state index is 12.4. The highest BCUT2D eigenvalue weighted by molar-refractivity contribution is 7.89. The van der Waals surface area contributed by atoms with E-state index in [2.05, 4.69) is 0 Å². The highest BCUT2D eigenvalue weighted by Crippen LogP contribution is 2.33. The van der Waals surface area contributed by atoms with Crippen molar-refractivity contribution >= 4 is 21.6 Å². The Morgan fingerprint density at radius 3 is 2.50 bits per heavy atom. The van der Waals surface area contributed by atoms with Gasteiger partial charge in [-0.15, -0.1) is 0 Å². The molecular weight excluding hydrogens is 314 g/mol. The molecule has 1 aromatic carbocycles. The average Bonchev–Trinajstić information content (AvgIpc) is 2.36. The van der Waals surface area contributed by atoms with Crippen LogP contribution in [-0.2, 0) is 16.6 Å². The van der Waals surface area contributed by atoms with Gasteiger partial charge in [-0.1, -0.05) is 11.6 Å². The second kappa shape index (κ2) is 6.66. The molecule has 0 radical (unpaired) electrons. The largest absolute Gasteiger partial charge is 0.495 e. The number of sulfonamides is 1. The maximum Gasteiger partial charge on any atom is 0.252 e. The van der Waals surface area contributed by atoms with Gasteiger partial charge < -0.3 is 10.5 Å². The van der Waals surface area contributed by atoms with Gasteiger partial charge >= 0.3 is 0 Å². The molecule has 114 valence electrons. The van der Waals surface area contributed by atoms with E-state index < -0.39 is 23.0 Å². The molecule has 0 spiro atoms. The fourth-order valence-corrected chi connectivity index (χ4v) is 3.33. The summed E-state index contributed by atoms with van der Waals surface area (Å²) in [7, 11) is -1.81. The standard InChI is InChI=1S/C11H15ClF2N2O3S/c1-16(6-10(13)14)20(17,18)9-4-8(12)3-7(5-15)11(9)19-2/h3-4,10H,5-6,15H2,1-2H3. The van der Waals surface area contributed by atoms with E-state index in [0.29, 0.717) is 9.87 Å². The van der Waals surface area contributed by atoms with Crippen molar-refractivity contribution in [2.75, 3.05) is 20.7 Å². The van der Waals surface area contributed by atoms with Gasteiger partial charge in [-0.2, -0.15) is 4.31 Å². The number of rotatable bonds is 6. The summed E-state index contributed by atoms with van der Waals surface area (Å²) in [5.41, 5.74) is 5.88. The Balaban J connectivity index is 3.41. The van der Waals surface area contributed by atoms with Crippen LogP contribution in [0, 0.1) is 0 Å². The van der Waals surface area contributed by atoms with Gasteiger partial charge in [-0.05, 0) is 12.1 Å². The van der Waals surface area contributed by atoms with Crippen LogP contribution in [-0.4, -0.2) is 39.9 Å². The minimum atomic E-state index is -4.14. The molecule has 0 aliphatic heterocycles. The third kappa shape index (κ3) is 3.57. The predicted molar refractivity (Wildman–Crippen MR) is 71.7 cm³/mol. The number of methoxy groups -OCH3 is 1.